The van der Waals surface area contributed by atoms with Crippen LogP contribution in [0.1, 0.15) is 32.6 Å². The number of rotatable bonds is 4. The Hall–Kier alpha value is -0.610. The van der Waals surface area contributed by atoms with Crippen LogP contribution in [-0.4, -0.2) is 49.2 Å². The zero-order valence-electron chi connectivity index (χ0n) is 10.1. The van der Waals surface area contributed by atoms with Crippen molar-refractivity contribution < 1.29 is 9.53 Å². The Morgan fingerprint density at radius 1 is 1.44 bits per heavy atom. The Morgan fingerprint density at radius 3 is 2.88 bits per heavy atom. The third-order valence-corrected chi connectivity index (χ3v) is 3.50. The highest BCUT2D eigenvalue weighted by Crippen LogP contribution is 2.16. The second kappa shape index (κ2) is 5.64. The Labute approximate surface area is 97.3 Å². The zero-order valence-corrected chi connectivity index (χ0v) is 10.1. The van der Waals surface area contributed by atoms with Gasteiger partial charge in [-0.25, -0.2) is 0 Å². The van der Waals surface area contributed by atoms with Gasteiger partial charge in [0.1, 0.15) is 6.10 Å². The summed E-state index contributed by atoms with van der Waals surface area (Å²) in [5.41, 5.74) is 0. The van der Waals surface area contributed by atoms with Crippen LogP contribution in [0.3, 0.4) is 0 Å². The van der Waals surface area contributed by atoms with Crippen LogP contribution in [0.2, 0.25) is 0 Å². The van der Waals surface area contributed by atoms with Crippen molar-refractivity contribution in [3.63, 3.8) is 0 Å². The van der Waals surface area contributed by atoms with Crippen molar-refractivity contribution in [1.29, 1.82) is 0 Å². The maximum atomic E-state index is 12.1. The highest BCUT2D eigenvalue weighted by Gasteiger charge is 2.29. The van der Waals surface area contributed by atoms with Crippen molar-refractivity contribution in [3.05, 3.63) is 0 Å². The third-order valence-electron chi connectivity index (χ3n) is 3.50. The van der Waals surface area contributed by atoms with E-state index in [4.69, 9.17) is 4.74 Å². The summed E-state index contributed by atoms with van der Waals surface area (Å²) in [6.45, 7) is 5.51. The lowest BCUT2D eigenvalue weighted by Crippen LogP contribution is -2.45. The lowest BCUT2D eigenvalue weighted by Gasteiger charge is -2.26. The molecule has 2 fully saturated rings. The molecule has 2 heterocycles. The number of ether oxygens (including phenoxy) is 1. The highest BCUT2D eigenvalue weighted by molar-refractivity contribution is 5.81. The average Bonchev–Trinajstić information content (AvgIpc) is 2.97. The van der Waals surface area contributed by atoms with Gasteiger partial charge in [-0.2, -0.15) is 0 Å². The summed E-state index contributed by atoms with van der Waals surface area (Å²) in [6.07, 6.45) is 4.18. The first-order valence-electron chi connectivity index (χ1n) is 6.45. The van der Waals surface area contributed by atoms with E-state index in [1.54, 1.807) is 0 Å². The standard InChI is InChI=1S/C12H22N2O2/c1-2-14(9-10-5-3-7-13-10)12(15)11-6-4-8-16-11/h10-11,13H,2-9H2,1H3/t10?,11-/m1/s1. The van der Waals surface area contributed by atoms with Crippen LogP contribution < -0.4 is 5.32 Å². The normalized spacial score (nSPS) is 29.6. The molecule has 0 aromatic heterocycles. The van der Waals surface area contributed by atoms with E-state index in [9.17, 15) is 4.79 Å². The number of nitrogens with zero attached hydrogens (tertiary/aromatic N) is 1. The van der Waals surface area contributed by atoms with Crippen LogP contribution in [0.15, 0.2) is 0 Å². The van der Waals surface area contributed by atoms with E-state index in [1.165, 1.54) is 12.8 Å². The quantitative estimate of drug-likeness (QED) is 0.769. The van der Waals surface area contributed by atoms with Crippen molar-refractivity contribution >= 4 is 5.91 Å². The summed E-state index contributed by atoms with van der Waals surface area (Å²) >= 11 is 0. The van der Waals surface area contributed by atoms with Crippen molar-refractivity contribution in [2.45, 2.75) is 44.8 Å². The first-order valence-corrected chi connectivity index (χ1v) is 6.45. The number of likely N-dealkylation sites (N-methyl/N-ethyl adjacent to an activating group) is 1. The maximum Gasteiger partial charge on any atom is 0.251 e. The number of nitrogens with one attached hydrogen (secondary N) is 1. The molecule has 4 heteroatoms. The molecule has 16 heavy (non-hydrogen) atoms. The van der Waals surface area contributed by atoms with Crippen LogP contribution in [0.5, 0.6) is 0 Å². The molecule has 2 aliphatic heterocycles. The number of amides is 1. The largest absolute Gasteiger partial charge is 0.368 e. The summed E-state index contributed by atoms with van der Waals surface area (Å²) in [4.78, 5) is 14.1. The fourth-order valence-electron chi connectivity index (χ4n) is 2.53. The zero-order chi connectivity index (χ0) is 11.4. The molecular formula is C12H22N2O2. The Bertz CT molecular complexity index is 233. The number of hydrogen-bond acceptors (Lipinski definition) is 3. The minimum absolute atomic E-state index is 0.165. The molecule has 1 amide bonds. The molecule has 0 spiro atoms. The third kappa shape index (κ3) is 2.74. The van der Waals surface area contributed by atoms with Gasteiger partial charge < -0.3 is 15.0 Å². The van der Waals surface area contributed by atoms with Crippen molar-refractivity contribution in [2.75, 3.05) is 26.2 Å². The van der Waals surface area contributed by atoms with E-state index in [0.717, 1.165) is 39.1 Å². The fourth-order valence-corrected chi connectivity index (χ4v) is 2.53. The fraction of sp³-hybridized carbons (Fsp3) is 0.917. The summed E-state index contributed by atoms with van der Waals surface area (Å²) in [5.74, 6) is 0.189. The molecule has 0 aromatic rings. The molecule has 2 rings (SSSR count). The molecule has 92 valence electrons. The molecule has 2 aliphatic rings. The van der Waals surface area contributed by atoms with Gasteiger partial charge in [0.2, 0.25) is 0 Å². The second-order valence-corrected chi connectivity index (χ2v) is 4.67. The number of carbonyl (C=O) groups excluding carboxylic acids is 1. The Balaban J connectivity index is 1.84. The first kappa shape index (κ1) is 11.9. The van der Waals surface area contributed by atoms with Gasteiger partial charge in [-0.3, -0.25) is 4.79 Å². The van der Waals surface area contributed by atoms with E-state index >= 15 is 0 Å². The molecular weight excluding hydrogens is 204 g/mol. The Morgan fingerprint density at radius 2 is 2.31 bits per heavy atom. The summed E-state index contributed by atoms with van der Waals surface area (Å²) in [7, 11) is 0. The molecule has 1 unspecified atom stereocenters. The topological polar surface area (TPSA) is 41.6 Å². The van der Waals surface area contributed by atoms with Crippen LogP contribution in [0.25, 0.3) is 0 Å². The molecule has 1 N–H and O–H groups in total. The Kier molecular flexibility index (Phi) is 4.18. The number of hydrogen-bond donors (Lipinski definition) is 1. The minimum atomic E-state index is -0.165. The monoisotopic (exact) mass is 226 g/mol. The summed E-state index contributed by atoms with van der Waals surface area (Å²) in [6, 6.07) is 0.491. The van der Waals surface area contributed by atoms with Gasteiger partial charge in [-0.05, 0) is 39.2 Å². The SMILES string of the molecule is CCN(CC1CCCN1)C(=O)[C@H]1CCCO1. The molecule has 0 radical (unpaired) electrons. The molecule has 4 nitrogen and oxygen atoms in total. The summed E-state index contributed by atoms with van der Waals surface area (Å²) in [5, 5.41) is 3.43. The highest BCUT2D eigenvalue weighted by atomic mass is 16.5. The van der Waals surface area contributed by atoms with E-state index in [0.29, 0.717) is 6.04 Å². The van der Waals surface area contributed by atoms with Crippen molar-refractivity contribution in [2.24, 2.45) is 0 Å². The predicted octanol–water partition coefficient (Wildman–Crippen LogP) is 0.766. The maximum absolute atomic E-state index is 12.1. The first-order chi connectivity index (χ1) is 7.81. The smallest absolute Gasteiger partial charge is 0.251 e. The van der Waals surface area contributed by atoms with E-state index < -0.39 is 0 Å². The molecule has 2 atom stereocenters. The van der Waals surface area contributed by atoms with Gasteiger partial charge in [0.05, 0.1) is 0 Å². The van der Waals surface area contributed by atoms with Crippen molar-refractivity contribution in [1.82, 2.24) is 10.2 Å². The molecule has 2 saturated heterocycles. The van der Waals surface area contributed by atoms with Gasteiger partial charge in [0.25, 0.3) is 5.91 Å². The predicted molar refractivity (Wildman–Crippen MR) is 62.3 cm³/mol. The van der Waals surface area contributed by atoms with Gasteiger partial charge >= 0.3 is 0 Å². The van der Waals surface area contributed by atoms with E-state index in [-0.39, 0.29) is 12.0 Å². The minimum Gasteiger partial charge on any atom is -0.368 e. The lowest BCUT2D eigenvalue weighted by atomic mass is 10.1. The van der Waals surface area contributed by atoms with Crippen LogP contribution in [0.4, 0.5) is 0 Å². The molecule has 0 aromatic carbocycles. The van der Waals surface area contributed by atoms with E-state index in [1.807, 2.05) is 11.8 Å². The number of carbonyl (C=O) groups is 1. The van der Waals surface area contributed by atoms with Crippen LogP contribution in [-0.2, 0) is 9.53 Å². The van der Waals surface area contributed by atoms with Gasteiger partial charge in [-0.1, -0.05) is 0 Å². The van der Waals surface area contributed by atoms with Gasteiger partial charge in [0.15, 0.2) is 0 Å². The van der Waals surface area contributed by atoms with Crippen LogP contribution in [0, 0.1) is 0 Å². The van der Waals surface area contributed by atoms with Gasteiger partial charge in [-0.15, -0.1) is 0 Å². The molecule has 0 aliphatic carbocycles. The van der Waals surface area contributed by atoms with Crippen LogP contribution >= 0.6 is 0 Å². The van der Waals surface area contributed by atoms with E-state index in [2.05, 4.69) is 5.32 Å². The lowest BCUT2D eigenvalue weighted by molar-refractivity contribution is -0.141. The second-order valence-electron chi connectivity index (χ2n) is 4.67. The van der Waals surface area contributed by atoms with Gasteiger partial charge in [0, 0.05) is 25.7 Å². The molecule has 0 saturated carbocycles. The average molecular weight is 226 g/mol. The molecule has 0 bridgehead atoms. The van der Waals surface area contributed by atoms with Crippen molar-refractivity contribution in [3.8, 4) is 0 Å². The summed E-state index contributed by atoms with van der Waals surface area (Å²) < 4.78 is 5.45.